The van der Waals surface area contributed by atoms with Gasteiger partial charge in [0.1, 0.15) is 5.75 Å². The molecule has 8 nitrogen and oxygen atoms in total. The van der Waals surface area contributed by atoms with E-state index in [0.717, 1.165) is 60.5 Å². The zero-order valence-corrected chi connectivity index (χ0v) is 20.5. The third kappa shape index (κ3) is 7.58. The maximum Gasteiger partial charge on any atom is 0.414 e. The SMILES string of the molecule is CN(c1nc2ccccc2s1)C1CCN(CCCCOc2cccc(Cl)c2)C1.O=C(O)C(=O)O. The zero-order chi connectivity index (χ0) is 24.5. The number of nitrogens with zero attached hydrogens (tertiary/aromatic N) is 3. The van der Waals surface area contributed by atoms with Crippen LogP contribution >= 0.6 is 22.9 Å². The second kappa shape index (κ2) is 12.5. The van der Waals surface area contributed by atoms with Crippen LogP contribution in [-0.2, 0) is 9.59 Å². The molecule has 1 fully saturated rings. The van der Waals surface area contributed by atoms with Gasteiger partial charge in [0.05, 0.1) is 16.8 Å². The van der Waals surface area contributed by atoms with Crippen LogP contribution in [0.1, 0.15) is 19.3 Å². The Hall–Kier alpha value is -2.88. The number of likely N-dealkylation sites (N-methyl/N-ethyl adjacent to an activating group) is 1. The summed E-state index contributed by atoms with van der Waals surface area (Å²) in [6.45, 7) is 4.14. The molecule has 1 saturated heterocycles. The lowest BCUT2D eigenvalue weighted by molar-refractivity contribution is -0.159. The van der Waals surface area contributed by atoms with Gasteiger partial charge in [-0.2, -0.15) is 0 Å². The van der Waals surface area contributed by atoms with Gasteiger partial charge >= 0.3 is 11.9 Å². The van der Waals surface area contributed by atoms with E-state index < -0.39 is 11.9 Å². The molecule has 0 aliphatic carbocycles. The summed E-state index contributed by atoms with van der Waals surface area (Å²) >= 11 is 7.77. The van der Waals surface area contributed by atoms with E-state index in [1.54, 1.807) is 11.3 Å². The van der Waals surface area contributed by atoms with E-state index in [4.69, 9.17) is 41.1 Å². The Morgan fingerprint density at radius 2 is 1.94 bits per heavy atom. The number of hydrogen-bond acceptors (Lipinski definition) is 7. The molecule has 1 unspecified atom stereocenters. The first-order chi connectivity index (χ1) is 16.3. The molecule has 2 N–H and O–H groups in total. The summed E-state index contributed by atoms with van der Waals surface area (Å²) < 4.78 is 7.04. The number of fused-ring (bicyclic) bond motifs is 1. The molecule has 10 heteroatoms. The predicted octanol–water partition coefficient (Wildman–Crippen LogP) is 4.48. The molecular weight excluding hydrogens is 478 g/mol. The highest BCUT2D eigenvalue weighted by Crippen LogP contribution is 2.30. The van der Waals surface area contributed by atoms with Crippen LogP contribution in [0, 0.1) is 0 Å². The Balaban J connectivity index is 0.000000481. The van der Waals surface area contributed by atoms with Gasteiger partial charge in [-0.3, -0.25) is 0 Å². The van der Waals surface area contributed by atoms with E-state index in [0.29, 0.717) is 6.04 Å². The van der Waals surface area contributed by atoms with Crippen LogP contribution in [0.25, 0.3) is 10.2 Å². The third-order valence-electron chi connectivity index (χ3n) is 5.50. The normalized spacial score (nSPS) is 15.5. The van der Waals surface area contributed by atoms with Gasteiger partial charge in [0.15, 0.2) is 5.13 Å². The molecule has 0 radical (unpaired) electrons. The fraction of sp³-hybridized carbons (Fsp3) is 0.375. The van der Waals surface area contributed by atoms with Crippen LogP contribution in [0.5, 0.6) is 5.75 Å². The molecule has 2 aromatic carbocycles. The Bertz CT molecular complexity index is 1060. The topological polar surface area (TPSA) is 103 Å². The van der Waals surface area contributed by atoms with Gasteiger partial charge in [-0.05, 0) is 56.1 Å². The Labute approximate surface area is 207 Å². The number of carbonyl (C=O) groups is 2. The van der Waals surface area contributed by atoms with Gasteiger partial charge in [0.2, 0.25) is 0 Å². The first-order valence-electron chi connectivity index (χ1n) is 11.0. The molecule has 4 rings (SSSR count). The number of aliphatic carboxylic acids is 2. The highest BCUT2D eigenvalue weighted by Gasteiger charge is 2.27. The average Bonchev–Trinajstić information content (AvgIpc) is 3.46. The molecule has 0 saturated carbocycles. The Morgan fingerprint density at radius 1 is 1.18 bits per heavy atom. The fourth-order valence-electron chi connectivity index (χ4n) is 3.68. The molecule has 1 atom stereocenters. The molecule has 0 amide bonds. The number of benzene rings is 2. The number of likely N-dealkylation sites (tertiary alicyclic amines) is 1. The van der Waals surface area contributed by atoms with Crippen molar-refractivity contribution in [1.29, 1.82) is 0 Å². The standard InChI is InChI=1S/C22H26ClN3OS.C2H2O4/c1-25(22-24-20-9-2-3-10-21(20)28-22)18-11-13-26(16-18)12-4-5-14-27-19-8-6-7-17(23)15-19;3-1(4)2(5)6/h2-3,6-10,15,18H,4-5,11-14,16H2,1H3;(H,3,4)(H,5,6). The van der Waals surface area contributed by atoms with Crippen molar-refractivity contribution in [3.8, 4) is 5.75 Å². The van der Waals surface area contributed by atoms with Crippen LogP contribution < -0.4 is 9.64 Å². The number of anilines is 1. The Morgan fingerprint density at radius 3 is 2.65 bits per heavy atom. The molecule has 0 bridgehead atoms. The van der Waals surface area contributed by atoms with Gasteiger partial charge in [-0.25, -0.2) is 14.6 Å². The first kappa shape index (κ1) is 25.7. The van der Waals surface area contributed by atoms with Crippen molar-refractivity contribution in [3.63, 3.8) is 0 Å². The summed E-state index contributed by atoms with van der Waals surface area (Å²) in [5, 5.41) is 16.6. The average molecular weight is 506 g/mol. The van der Waals surface area contributed by atoms with Crippen molar-refractivity contribution >= 4 is 50.2 Å². The smallest absolute Gasteiger partial charge is 0.414 e. The molecule has 34 heavy (non-hydrogen) atoms. The highest BCUT2D eigenvalue weighted by atomic mass is 35.5. The number of aromatic nitrogens is 1. The van der Waals surface area contributed by atoms with Gasteiger partial charge < -0.3 is 24.7 Å². The number of para-hydroxylation sites is 1. The first-order valence-corrected chi connectivity index (χ1v) is 12.2. The van der Waals surface area contributed by atoms with E-state index in [9.17, 15) is 0 Å². The monoisotopic (exact) mass is 505 g/mol. The summed E-state index contributed by atoms with van der Waals surface area (Å²) in [6.07, 6.45) is 3.41. The lowest BCUT2D eigenvalue weighted by atomic mass is 10.2. The van der Waals surface area contributed by atoms with E-state index in [-0.39, 0.29) is 0 Å². The summed E-state index contributed by atoms with van der Waals surface area (Å²) in [5.41, 5.74) is 1.10. The molecule has 1 aliphatic heterocycles. The van der Waals surface area contributed by atoms with Gasteiger partial charge in [-0.1, -0.05) is 41.1 Å². The van der Waals surface area contributed by atoms with Gasteiger partial charge in [0, 0.05) is 31.2 Å². The Kier molecular flexibility index (Phi) is 9.50. The summed E-state index contributed by atoms with van der Waals surface area (Å²) in [6, 6.07) is 16.5. The molecule has 3 aromatic rings. The minimum atomic E-state index is -1.82. The third-order valence-corrected chi connectivity index (χ3v) is 6.86. The second-order valence-electron chi connectivity index (χ2n) is 7.94. The van der Waals surface area contributed by atoms with E-state index in [1.807, 2.05) is 24.3 Å². The minimum absolute atomic E-state index is 0.545. The van der Waals surface area contributed by atoms with Crippen molar-refractivity contribution in [2.75, 3.05) is 38.2 Å². The van der Waals surface area contributed by atoms with Crippen LogP contribution in [0.2, 0.25) is 5.02 Å². The molecular formula is C24H28ClN3O5S. The molecule has 0 spiro atoms. The number of unbranched alkanes of at least 4 members (excludes halogenated alkanes) is 1. The summed E-state index contributed by atoms with van der Waals surface area (Å²) in [5.74, 6) is -2.80. The maximum atomic E-state index is 9.10. The van der Waals surface area contributed by atoms with E-state index >= 15 is 0 Å². The minimum Gasteiger partial charge on any atom is -0.494 e. The molecule has 1 aromatic heterocycles. The number of ether oxygens (including phenoxy) is 1. The predicted molar refractivity (Wildman–Crippen MR) is 134 cm³/mol. The molecule has 1 aliphatic rings. The quantitative estimate of drug-likeness (QED) is 0.341. The van der Waals surface area contributed by atoms with Crippen molar-refractivity contribution in [2.24, 2.45) is 0 Å². The van der Waals surface area contributed by atoms with Crippen LogP contribution in [0.15, 0.2) is 48.5 Å². The largest absolute Gasteiger partial charge is 0.494 e. The fourth-order valence-corrected chi connectivity index (χ4v) is 4.86. The highest BCUT2D eigenvalue weighted by molar-refractivity contribution is 7.22. The van der Waals surface area contributed by atoms with Crippen LogP contribution in [0.4, 0.5) is 5.13 Å². The molecule has 182 valence electrons. The number of rotatable bonds is 8. The van der Waals surface area contributed by atoms with Crippen molar-refractivity contribution in [1.82, 2.24) is 9.88 Å². The number of carboxylic acid groups (broad SMARTS) is 2. The number of carboxylic acids is 2. The van der Waals surface area contributed by atoms with Gasteiger partial charge in [-0.15, -0.1) is 0 Å². The number of halogens is 1. The second-order valence-corrected chi connectivity index (χ2v) is 9.39. The summed E-state index contributed by atoms with van der Waals surface area (Å²) in [4.78, 5) is 27.9. The molecule has 2 heterocycles. The lowest BCUT2D eigenvalue weighted by Crippen LogP contribution is -2.34. The van der Waals surface area contributed by atoms with Crippen molar-refractivity contribution < 1.29 is 24.5 Å². The van der Waals surface area contributed by atoms with E-state index in [1.165, 1.54) is 11.1 Å². The van der Waals surface area contributed by atoms with Crippen molar-refractivity contribution in [2.45, 2.75) is 25.3 Å². The van der Waals surface area contributed by atoms with Crippen molar-refractivity contribution in [3.05, 3.63) is 53.6 Å². The van der Waals surface area contributed by atoms with Gasteiger partial charge in [0.25, 0.3) is 0 Å². The lowest BCUT2D eigenvalue weighted by Gasteiger charge is -2.24. The summed E-state index contributed by atoms with van der Waals surface area (Å²) in [7, 11) is 2.19. The number of thiazole rings is 1. The maximum absolute atomic E-state index is 9.10. The number of hydrogen-bond donors (Lipinski definition) is 2. The van der Waals surface area contributed by atoms with Crippen LogP contribution in [0.3, 0.4) is 0 Å². The van der Waals surface area contributed by atoms with E-state index in [2.05, 4.69) is 41.1 Å². The van der Waals surface area contributed by atoms with Crippen LogP contribution in [-0.4, -0.2) is 71.4 Å². The zero-order valence-electron chi connectivity index (χ0n) is 18.9.